The zero-order chi connectivity index (χ0) is 12.4. The lowest BCUT2D eigenvalue weighted by molar-refractivity contribution is 0.163. The largest absolute Gasteiger partial charge is 0.314 e. The molecule has 2 heteroatoms. The zero-order valence-corrected chi connectivity index (χ0v) is 12.1. The fourth-order valence-corrected chi connectivity index (χ4v) is 3.20. The molecule has 1 unspecified atom stereocenters. The molecule has 2 aliphatic rings. The molecule has 1 aliphatic heterocycles. The van der Waals surface area contributed by atoms with Crippen LogP contribution in [0.25, 0.3) is 0 Å². The maximum Gasteiger partial charge on any atom is 0.00726 e. The molecule has 0 aromatic carbocycles. The fraction of sp³-hybridized carbons (Fsp3) is 1.00. The van der Waals surface area contributed by atoms with Gasteiger partial charge in [-0.05, 0) is 64.0 Å². The Morgan fingerprint density at radius 3 is 2.41 bits per heavy atom. The van der Waals surface area contributed by atoms with Gasteiger partial charge in [0.25, 0.3) is 0 Å². The Labute approximate surface area is 107 Å². The van der Waals surface area contributed by atoms with Crippen molar-refractivity contribution in [3.8, 4) is 0 Å². The summed E-state index contributed by atoms with van der Waals surface area (Å²) in [6.45, 7) is 13.2. The van der Waals surface area contributed by atoms with Crippen LogP contribution in [0.15, 0.2) is 0 Å². The summed E-state index contributed by atoms with van der Waals surface area (Å²) in [5, 5.41) is 3.78. The van der Waals surface area contributed by atoms with Crippen LogP contribution in [-0.4, -0.2) is 36.6 Å². The lowest BCUT2D eigenvalue weighted by atomic mass is 9.73. The van der Waals surface area contributed by atoms with Gasteiger partial charge in [-0.3, -0.25) is 0 Å². The second-order valence-corrected chi connectivity index (χ2v) is 6.82. The average molecular weight is 238 g/mol. The number of hydrogen-bond donors (Lipinski definition) is 1. The monoisotopic (exact) mass is 238 g/mol. The Kier molecular flexibility index (Phi) is 4.48. The molecule has 17 heavy (non-hydrogen) atoms. The number of nitrogens with zero attached hydrogens (tertiary/aromatic N) is 1. The Hall–Kier alpha value is -0.0800. The first-order valence-corrected chi connectivity index (χ1v) is 7.53. The van der Waals surface area contributed by atoms with Gasteiger partial charge >= 0.3 is 0 Å². The SMILES string of the molecule is CC(C)C1CC(NCC2CCN(C(C)C)C2)C1. The van der Waals surface area contributed by atoms with Crippen LogP contribution in [0.4, 0.5) is 0 Å². The van der Waals surface area contributed by atoms with E-state index in [1.54, 1.807) is 0 Å². The molecule has 2 nitrogen and oxygen atoms in total. The molecule has 1 aliphatic carbocycles. The molecule has 0 radical (unpaired) electrons. The highest BCUT2D eigenvalue weighted by Gasteiger charge is 2.32. The van der Waals surface area contributed by atoms with Crippen molar-refractivity contribution in [2.24, 2.45) is 17.8 Å². The summed E-state index contributed by atoms with van der Waals surface area (Å²) >= 11 is 0. The molecule has 100 valence electrons. The first-order valence-electron chi connectivity index (χ1n) is 7.53. The number of likely N-dealkylation sites (tertiary alicyclic amines) is 1. The number of nitrogens with one attached hydrogen (secondary N) is 1. The van der Waals surface area contributed by atoms with Gasteiger partial charge in [0, 0.05) is 18.6 Å². The molecule has 2 rings (SSSR count). The smallest absolute Gasteiger partial charge is 0.00726 e. The molecule has 0 bridgehead atoms. The standard InChI is InChI=1S/C15H30N2/c1-11(2)14-7-15(8-14)16-9-13-5-6-17(10-13)12(3)4/h11-16H,5-10H2,1-4H3. The first kappa shape index (κ1) is 13.4. The highest BCUT2D eigenvalue weighted by Crippen LogP contribution is 2.33. The molecule has 0 aromatic rings. The summed E-state index contributed by atoms with van der Waals surface area (Å²) in [4.78, 5) is 2.62. The van der Waals surface area contributed by atoms with Gasteiger partial charge in [0.1, 0.15) is 0 Å². The van der Waals surface area contributed by atoms with Crippen molar-refractivity contribution in [3.63, 3.8) is 0 Å². The van der Waals surface area contributed by atoms with Crippen molar-refractivity contribution in [3.05, 3.63) is 0 Å². The third-order valence-electron chi connectivity index (χ3n) is 4.86. The molecular weight excluding hydrogens is 208 g/mol. The Morgan fingerprint density at radius 2 is 1.88 bits per heavy atom. The van der Waals surface area contributed by atoms with E-state index in [0.29, 0.717) is 0 Å². The number of rotatable bonds is 5. The van der Waals surface area contributed by atoms with Crippen molar-refractivity contribution in [1.82, 2.24) is 10.2 Å². The topological polar surface area (TPSA) is 15.3 Å². The van der Waals surface area contributed by atoms with E-state index in [1.165, 1.54) is 38.9 Å². The molecule has 1 atom stereocenters. The van der Waals surface area contributed by atoms with Crippen LogP contribution in [0, 0.1) is 17.8 Å². The van der Waals surface area contributed by atoms with Crippen molar-refractivity contribution < 1.29 is 0 Å². The zero-order valence-electron chi connectivity index (χ0n) is 12.1. The van der Waals surface area contributed by atoms with Gasteiger partial charge in [0.05, 0.1) is 0 Å². The maximum absolute atomic E-state index is 3.78. The maximum atomic E-state index is 3.78. The van der Waals surface area contributed by atoms with Gasteiger partial charge in [-0.25, -0.2) is 0 Å². The lowest BCUT2D eigenvalue weighted by Gasteiger charge is -2.39. The van der Waals surface area contributed by atoms with Crippen molar-refractivity contribution in [2.75, 3.05) is 19.6 Å². The van der Waals surface area contributed by atoms with Crippen molar-refractivity contribution in [2.45, 2.75) is 59.0 Å². The minimum Gasteiger partial charge on any atom is -0.314 e. The van der Waals surface area contributed by atoms with Gasteiger partial charge in [0.2, 0.25) is 0 Å². The Balaban J connectivity index is 1.58. The fourth-order valence-electron chi connectivity index (χ4n) is 3.20. The summed E-state index contributed by atoms with van der Waals surface area (Å²) in [6.07, 6.45) is 4.22. The van der Waals surface area contributed by atoms with E-state index in [-0.39, 0.29) is 0 Å². The lowest BCUT2D eigenvalue weighted by Crippen LogP contribution is -2.45. The van der Waals surface area contributed by atoms with Crippen LogP contribution in [0.2, 0.25) is 0 Å². The van der Waals surface area contributed by atoms with E-state index in [2.05, 4.69) is 37.9 Å². The third kappa shape index (κ3) is 3.45. The number of hydrogen-bond acceptors (Lipinski definition) is 2. The normalized spacial score (nSPS) is 34.6. The molecular formula is C15H30N2. The van der Waals surface area contributed by atoms with E-state index < -0.39 is 0 Å². The third-order valence-corrected chi connectivity index (χ3v) is 4.86. The van der Waals surface area contributed by atoms with Crippen LogP contribution in [0.1, 0.15) is 47.0 Å². The predicted octanol–water partition coefficient (Wildman–Crippen LogP) is 2.74. The van der Waals surface area contributed by atoms with E-state index in [9.17, 15) is 0 Å². The first-order chi connectivity index (χ1) is 8.06. The summed E-state index contributed by atoms with van der Waals surface area (Å²) in [5.74, 6) is 2.77. The molecule has 1 heterocycles. The highest BCUT2D eigenvalue weighted by molar-refractivity contribution is 4.88. The van der Waals surface area contributed by atoms with Crippen LogP contribution in [0.5, 0.6) is 0 Å². The Morgan fingerprint density at radius 1 is 1.18 bits per heavy atom. The van der Waals surface area contributed by atoms with E-state index >= 15 is 0 Å². The summed E-state index contributed by atoms with van der Waals surface area (Å²) in [7, 11) is 0. The van der Waals surface area contributed by atoms with E-state index in [1.807, 2.05) is 0 Å². The van der Waals surface area contributed by atoms with Gasteiger partial charge in [-0.1, -0.05) is 13.8 Å². The molecule has 0 amide bonds. The summed E-state index contributed by atoms with van der Waals surface area (Å²) in [6, 6.07) is 1.56. The van der Waals surface area contributed by atoms with Gasteiger partial charge in [0.15, 0.2) is 0 Å². The molecule has 1 saturated heterocycles. The molecule has 0 spiro atoms. The van der Waals surface area contributed by atoms with Crippen LogP contribution in [-0.2, 0) is 0 Å². The van der Waals surface area contributed by atoms with Gasteiger partial charge in [-0.15, -0.1) is 0 Å². The van der Waals surface area contributed by atoms with Crippen LogP contribution < -0.4 is 5.32 Å². The molecule has 1 saturated carbocycles. The van der Waals surface area contributed by atoms with Crippen LogP contribution >= 0.6 is 0 Å². The minimum absolute atomic E-state index is 0.731. The second-order valence-electron chi connectivity index (χ2n) is 6.82. The predicted molar refractivity (Wildman–Crippen MR) is 74.2 cm³/mol. The van der Waals surface area contributed by atoms with Gasteiger partial charge < -0.3 is 10.2 Å². The summed E-state index contributed by atoms with van der Waals surface area (Å²) in [5.41, 5.74) is 0. The highest BCUT2D eigenvalue weighted by atomic mass is 15.2. The van der Waals surface area contributed by atoms with Crippen molar-refractivity contribution in [1.29, 1.82) is 0 Å². The van der Waals surface area contributed by atoms with Crippen LogP contribution in [0.3, 0.4) is 0 Å². The van der Waals surface area contributed by atoms with E-state index in [4.69, 9.17) is 0 Å². The Bertz CT molecular complexity index is 231. The second kappa shape index (κ2) is 5.71. The van der Waals surface area contributed by atoms with Gasteiger partial charge in [-0.2, -0.15) is 0 Å². The molecule has 2 fully saturated rings. The molecule has 1 N–H and O–H groups in total. The van der Waals surface area contributed by atoms with Crippen molar-refractivity contribution >= 4 is 0 Å². The summed E-state index contributed by atoms with van der Waals surface area (Å²) < 4.78 is 0. The average Bonchev–Trinajstić information content (AvgIpc) is 2.63. The molecule has 0 aromatic heterocycles. The van der Waals surface area contributed by atoms with E-state index in [0.717, 1.165) is 29.8 Å². The minimum atomic E-state index is 0.731. The quantitative estimate of drug-likeness (QED) is 0.792.